The maximum Gasteiger partial charge on any atom is 0.268 e. The molecule has 0 bridgehead atoms. The van der Waals surface area contributed by atoms with Crippen LogP contribution < -0.4 is 5.56 Å². The van der Waals surface area contributed by atoms with Crippen molar-refractivity contribution in [1.82, 2.24) is 3.96 Å². The van der Waals surface area contributed by atoms with Crippen LogP contribution in [-0.4, -0.2) is 14.7 Å². The molecule has 0 unspecified atom stereocenters. The molecule has 0 aliphatic heterocycles. The molecule has 1 saturated carbocycles. The zero-order valence-electron chi connectivity index (χ0n) is 9.56. The first kappa shape index (κ1) is 11.0. The summed E-state index contributed by atoms with van der Waals surface area (Å²) < 4.78 is 2.70. The van der Waals surface area contributed by atoms with Crippen molar-refractivity contribution in [3.63, 3.8) is 0 Å². The molecule has 0 atom stereocenters. The van der Waals surface area contributed by atoms with Gasteiger partial charge in [-0.1, -0.05) is 36.5 Å². The number of aliphatic hydroxyl groups is 1. The van der Waals surface area contributed by atoms with Crippen molar-refractivity contribution < 1.29 is 5.11 Å². The van der Waals surface area contributed by atoms with E-state index in [1.165, 1.54) is 11.5 Å². The molecule has 1 aromatic heterocycles. The standard InChI is InChI=1S/C13H15NO2S/c15-12-10-5-1-2-6-11(10)17-14(12)9-13(16)7-3-4-8-13/h1-2,5-6,16H,3-4,7-9H2. The van der Waals surface area contributed by atoms with E-state index in [9.17, 15) is 9.90 Å². The molecular weight excluding hydrogens is 234 g/mol. The average Bonchev–Trinajstić information content (AvgIpc) is 2.86. The second kappa shape index (κ2) is 3.96. The quantitative estimate of drug-likeness (QED) is 0.888. The molecule has 1 aliphatic rings. The van der Waals surface area contributed by atoms with Gasteiger partial charge in [0.1, 0.15) is 0 Å². The second-order valence-electron chi connectivity index (χ2n) is 4.86. The lowest BCUT2D eigenvalue weighted by Crippen LogP contribution is -2.33. The van der Waals surface area contributed by atoms with Gasteiger partial charge in [-0.3, -0.25) is 8.75 Å². The van der Waals surface area contributed by atoms with Crippen LogP contribution in [0.1, 0.15) is 25.7 Å². The average molecular weight is 249 g/mol. The summed E-state index contributed by atoms with van der Waals surface area (Å²) in [6, 6.07) is 7.62. The van der Waals surface area contributed by atoms with Crippen molar-refractivity contribution in [2.75, 3.05) is 0 Å². The first-order valence-corrected chi connectivity index (χ1v) is 6.77. The summed E-state index contributed by atoms with van der Waals surface area (Å²) in [6.45, 7) is 0.450. The number of rotatable bonds is 2. The number of hydrogen-bond donors (Lipinski definition) is 1. The largest absolute Gasteiger partial charge is 0.388 e. The predicted octanol–water partition coefficient (Wildman–Crippen LogP) is 2.37. The van der Waals surface area contributed by atoms with Gasteiger partial charge in [-0.05, 0) is 25.0 Å². The Hall–Kier alpha value is -1.13. The molecule has 0 spiro atoms. The summed E-state index contributed by atoms with van der Waals surface area (Å²) in [7, 11) is 0. The van der Waals surface area contributed by atoms with Gasteiger partial charge >= 0.3 is 0 Å². The Balaban J connectivity index is 2.01. The lowest BCUT2D eigenvalue weighted by Gasteiger charge is -2.21. The molecule has 1 fully saturated rings. The first-order valence-electron chi connectivity index (χ1n) is 5.99. The van der Waals surface area contributed by atoms with Crippen molar-refractivity contribution in [1.29, 1.82) is 0 Å². The van der Waals surface area contributed by atoms with Gasteiger partial charge in [-0.2, -0.15) is 0 Å². The molecule has 0 amide bonds. The van der Waals surface area contributed by atoms with Crippen LogP contribution in [0.3, 0.4) is 0 Å². The van der Waals surface area contributed by atoms with Gasteiger partial charge in [0.05, 0.1) is 22.2 Å². The fraction of sp³-hybridized carbons (Fsp3) is 0.462. The lowest BCUT2D eigenvalue weighted by molar-refractivity contribution is 0.0321. The smallest absolute Gasteiger partial charge is 0.268 e. The van der Waals surface area contributed by atoms with E-state index in [-0.39, 0.29) is 5.56 Å². The molecule has 0 radical (unpaired) electrons. The highest BCUT2D eigenvalue weighted by atomic mass is 32.1. The van der Waals surface area contributed by atoms with Crippen LogP contribution in [0.15, 0.2) is 29.1 Å². The third kappa shape index (κ3) is 1.91. The molecule has 1 aliphatic carbocycles. The minimum absolute atomic E-state index is 0.0333. The fourth-order valence-corrected chi connectivity index (χ4v) is 3.70. The van der Waals surface area contributed by atoms with E-state index in [0.717, 1.165) is 35.8 Å². The maximum atomic E-state index is 12.1. The predicted molar refractivity (Wildman–Crippen MR) is 69.5 cm³/mol. The second-order valence-corrected chi connectivity index (χ2v) is 5.92. The first-order chi connectivity index (χ1) is 8.18. The van der Waals surface area contributed by atoms with Crippen molar-refractivity contribution in [3.05, 3.63) is 34.6 Å². The van der Waals surface area contributed by atoms with Crippen molar-refractivity contribution in [2.24, 2.45) is 0 Å². The highest BCUT2D eigenvalue weighted by molar-refractivity contribution is 7.13. The SMILES string of the molecule is O=c1c2ccccc2sn1CC1(O)CCCC1. The van der Waals surface area contributed by atoms with Crippen LogP contribution in [0.2, 0.25) is 0 Å². The summed E-state index contributed by atoms with van der Waals surface area (Å²) in [5, 5.41) is 11.1. The molecule has 17 heavy (non-hydrogen) atoms. The molecule has 1 N–H and O–H groups in total. The Morgan fingerprint density at radius 2 is 2.00 bits per heavy atom. The van der Waals surface area contributed by atoms with Crippen molar-refractivity contribution in [3.8, 4) is 0 Å². The Morgan fingerprint density at radius 1 is 1.29 bits per heavy atom. The zero-order chi connectivity index (χ0) is 11.9. The van der Waals surface area contributed by atoms with Crippen LogP contribution in [0.4, 0.5) is 0 Å². The number of benzene rings is 1. The molecule has 90 valence electrons. The van der Waals surface area contributed by atoms with Crippen LogP contribution >= 0.6 is 11.5 Å². The summed E-state index contributed by atoms with van der Waals surface area (Å²) in [5.41, 5.74) is -0.629. The third-order valence-electron chi connectivity index (χ3n) is 3.52. The van der Waals surface area contributed by atoms with Crippen LogP contribution in [-0.2, 0) is 6.54 Å². The monoisotopic (exact) mass is 249 g/mol. The minimum Gasteiger partial charge on any atom is -0.388 e. The maximum absolute atomic E-state index is 12.1. The molecule has 3 nitrogen and oxygen atoms in total. The normalized spacial score (nSPS) is 18.9. The Morgan fingerprint density at radius 3 is 2.71 bits per heavy atom. The van der Waals surface area contributed by atoms with Crippen LogP contribution in [0.5, 0.6) is 0 Å². The van der Waals surface area contributed by atoms with Gasteiger partial charge in [0.2, 0.25) is 0 Å². The summed E-state index contributed by atoms with van der Waals surface area (Å²) >= 11 is 1.45. The van der Waals surface area contributed by atoms with E-state index in [1.54, 1.807) is 3.96 Å². The highest BCUT2D eigenvalue weighted by Gasteiger charge is 2.32. The molecule has 4 heteroatoms. The van der Waals surface area contributed by atoms with E-state index in [2.05, 4.69) is 0 Å². The van der Waals surface area contributed by atoms with Gasteiger partial charge in [0, 0.05) is 0 Å². The van der Waals surface area contributed by atoms with Gasteiger partial charge in [0.15, 0.2) is 0 Å². The van der Waals surface area contributed by atoms with Gasteiger partial charge < -0.3 is 5.11 Å². The van der Waals surface area contributed by atoms with Crippen LogP contribution in [0, 0.1) is 0 Å². The third-order valence-corrected chi connectivity index (χ3v) is 4.59. The summed E-state index contributed by atoms with van der Waals surface area (Å²) in [5.74, 6) is 0. The Kier molecular flexibility index (Phi) is 2.56. The number of aromatic nitrogens is 1. The summed E-state index contributed by atoms with van der Waals surface area (Å²) in [6.07, 6.45) is 3.76. The molecular formula is C13H15NO2S. The zero-order valence-corrected chi connectivity index (χ0v) is 10.4. The topological polar surface area (TPSA) is 42.2 Å². The highest BCUT2D eigenvalue weighted by Crippen LogP contribution is 2.31. The van der Waals surface area contributed by atoms with Gasteiger partial charge in [-0.15, -0.1) is 0 Å². The van der Waals surface area contributed by atoms with Gasteiger partial charge in [0.25, 0.3) is 5.56 Å². The fourth-order valence-electron chi connectivity index (χ4n) is 2.58. The molecule has 2 aromatic rings. The Bertz CT molecular complexity index is 593. The molecule has 1 aromatic carbocycles. The van der Waals surface area contributed by atoms with E-state index in [4.69, 9.17) is 0 Å². The number of fused-ring (bicyclic) bond motifs is 1. The lowest BCUT2D eigenvalue weighted by atomic mass is 10.0. The Labute approximate surface area is 103 Å². The van der Waals surface area contributed by atoms with E-state index < -0.39 is 5.60 Å². The summed E-state index contributed by atoms with van der Waals surface area (Å²) in [4.78, 5) is 12.1. The van der Waals surface area contributed by atoms with E-state index in [0.29, 0.717) is 6.54 Å². The molecule has 3 rings (SSSR count). The van der Waals surface area contributed by atoms with Crippen LogP contribution in [0.25, 0.3) is 10.1 Å². The van der Waals surface area contributed by atoms with Gasteiger partial charge in [-0.25, -0.2) is 0 Å². The van der Waals surface area contributed by atoms with Crippen molar-refractivity contribution in [2.45, 2.75) is 37.8 Å². The van der Waals surface area contributed by atoms with Crippen molar-refractivity contribution >= 4 is 21.6 Å². The number of hydrogen-bond acceptors (Lipinski definition) is 3. The van der Waals surface area contributed by atoms with E-state index >= 15 is 0 Å². The van der Waals surface area contributed by atoms with E-state index in [1.807, 2.05) is 24.3 Å². The molecule has 0 saturated heterocycles. The molecule has 1 heterocycles. The number of nitrogens with zero attached hydrogens (tertiary/aromatic N) is 1. The minimum atomic E-state index is -0.662.